The quantitative estimate of drug-likeness (QED) is 0.0696. The molecule has 0 radical (unpaired) electrons. The van der Waals surface area contributed by atoms with Crippen LogP contribution in [0.3, 0.4) is 0 Å². The van der Waals surface area contributed by atoms with Gasteiger partial charge in [0.15, 0.2) is 0 Å². The Morgan fingerprint density at radius 1 is 0.246 bits per heavy atom. The molecule has 0 N–H and O–H groups in total. The molecule has 4 heterocycles. The summed E-state index contributed by atoms with van der Waals surface area (Å²) in [6, 6.07) is 21.4. The largest absolute Gasteiger partial charge is 0.392 e. The molecule has 408 valence electrons. The molecule has 0 unspecified atom stereocenters. The van der Waals surface area contributed by atoms with Crippen LogP contribution in [0.15, 0.2) is 0 Å². The van der Waals surface area contributed by atoms with Crippen LogP contribution in [-0.2, 0) is 54.4 Å². The predicted octanol–water partition coefficient (Wildman–Crippen LogP) is 12.4. The molecule has 21 heteroatoms. The fourth-order valence-electron chi connectivity index (χ4n) is 11.0. The molecule has 0 saturated carbocycles. The van der Waals surface area contributed by atoms with E-state index in [2.05, 4.69) is 78.6 Å². The molecule has 4 fully saturated rings. The lowest BCUT2D eigenvalue weighted by Crippen LogP contribution is -2.44. The topological polar surface area (TPSA) is 111 Å². The van der Waals surface area contributed by atoms with Crippen LogP contribution in [-0.4, -0.2) is 180 Å². The highest BCUT2D eigenvalue weighted by Crippen LogP contribution is 2.40. The number of hydrogen-bond acceptors (Lipinski definition) is 12. The fourth-order valence-corrected chi connectivity index (χ4v) is 46.8. The lowest BCUT2D eigenvalue weighted by Gasteiger charge is -2.38. The van der Waals surface area contributed by atoms with Crippen LogP contribution < -0.4 is 0 Å². The van der Waals surface area contributed by atoms with E-state index in [9.17, 15) is 0 Å². The third kappa shape index (κ3) is 26.4. The third-order valence-corrected chi connectivity index (χ3v) is 48.4. The van der Waals surface area contributed by atoms with Crippen LogP contribution >= 0.6 is 0 Å². The maximum absolute atomic E-state index is 6.42. The Balaban J connectivity index is 1.50. The summed E-state index contributed by atoms with van der Waals surface area (Å²) in [5, 5.41) is 0. The Hall–Kier alpha value is 1.47. The zero-order chi connectivity index (χ0) is 50.4. The van der Waals surface area contributed by atoms with Gasteiger partial charge in [-0.15, -0.1) is 0 Å². The molecule has 0 bridgehead atoms. The lowest BCUT2D eigenvalue weighted by molar-refractivity contribution is 0.0267. The van der Waals surface area contributed by atoms with Crippen molar-refractivity contribution in [3.63, 3.8) is 0 Å². The Morgan fingerprint density at radius 3 is 0.594 bits per heavy atom. The first-order chi connectivity index (χ1) is 32.5. The molecule has 4 aliphatic rings. The molecule has 0 aromatic heterocycles. The number of ether oxygens (including phenoxy) is 4. The van der Waals surface area contributed by atoms with Crippen molar-refractivity contribution in [3.8, 4) is 0 Å². The average Bonchev–Trinajstić information content (AvgIpc) is 3.24. The molecule has 0 aliphatic carbocycles. The van der Waals surface area contributed by atoms with Crippen molar-refractivity contribution >= 4 is 74.6 Å². The van der Waals surface area contributed by atoms with Gasteiger partial charge in [0.2, 0.25) is 0 Å². The minimum Gasteiger partial charge on any atom is -0.392 e. The molecule has 4 aliphatic heterocycles. The normalized spacial score (nSPS) is 22.8. The lowest BCUT2D eigenvalue weighted by atomic mass is 10.5. The summed E-state index contributed by atoms with van der Waals surface area (Å²) in [4.78, 5) is 0. The molecule has 69 heavy (non-hydrogen) atoms. The van der Waals surface area contributed by atoms with E-state index in [0.29, 0.717) is 106 Å². The molecule has 0 aromatic carbocycles. The van der Waals surface area contributed by atoms with Crippen LogP contribution in [0.1, 0.15) is 25.7 Å². The van der Waals surface area contributed by atoms with E-state index in [1.54, 1.807) is 0 Å². The Kier molecular flexibility index (Phi) is 27.8. The second-order valence-electron chi connectivity index (χ2n) is 25.3. The Morgan fingerprint density at radius 2 is 0.420 bits per heavy atom. The predicted molar refractivity (Wildman–Crippen MR) is 308 cm³/mol. The summed E-state index contributed by atoms with van der Waals surface area (Å²) in [6.07, 6.45) is 5.65. The third-order valence-electron chi connectivity index (χ3n) is 16.3. The van der Waals surface area contributed by atoms with Gasteiger partial charge in [-0.2, -0.15) is 0 Å². The number of rotatable bonds is 28. The van der Waals surface area contributed by atoms with Crippen molar-refractivity contribution in [2.45, 2.75) is 201 Å². The van der Waals surface area contributed by atoms with Gasteiger partial charge >= 0.3 is 34.2 Å². The van der Waals surface area contributed by atoms with E-state index < -0.39 is 74.6 Å². The highest BCUT2D eigenvalue weighted by atomic mass is 28.4. The molecular formula is C48H108O12Si9. The van der Waals surface area contributed by atoms with Gasteiger partial charge in [-0.25, -0.2) is 0 Å². The summed E-state index contributed by atoms with van der Waals surface area (Å²) in [6.45, 7) is 41.5. The van der Waals surface area contributed by atoms with Gasteiger partial charge in [-0.1, -0.05) is 151 Å². The van der Waals surface area contributed by atoms with Crippen LogP contribution in [0, 0.1) is 0 Å². The summed E-state index contributed by atoms with van der Waals surface area (Å²) >= 11 is 0. The van der Waals surface area contributed by atoms with Crippen molar-refractivity contribution in [2.24, 2.45) is 0 Å². The maximum Gasteiger partial charge on any atom is 0.334 e. The fraction of sp³-hybridized carbons (Fsp3) is 1.00. The van der Waals surface area contributed by atoms with Gasteiger partial charge < -0.3 is 54.4 Å². The molecule has 12 nitrogen and oxygen atoms in total. The summed E-state index contributed by atoms with van der Waals surface area (Å²) in [5.74, 6) is 0. The van der Waals surface area contributed by atoms with Crippen LogP contribution in [0.2, 0.25) is 175 Å². The zero-order valence-corrected chi connectivity index (χ0v) is 55.9. The van der Waals surface area contributed by atoms with Gasteiger partial charge in [0, 0.05) is 32.3 Å². The smallest absolute Gasteiger partial charge is 0.334 e. The molecule has 4 rings (SSSR count). The highest BCUT2D eigenvalue weighted by Gasteiger charge is 2.41. The summed E-state index contributed by atoms with van der Waals surface area (Å²) in [7, 11) is -16.2. The van der Waals surface area contributed by atoms with E-state index in [1.165, 1.54) is 98.2 Å². The number of hydrogen-bond donors (Lipinski definition) is 0. The van der Waals surface area contributed by atoms with E-state index in [4.69, 9.17) is 54.4 Å². The average molecular weight is 1130 g/mol. The van der Waals surface area contributed by atoms with Crippen LogP contribution in [0.5, 0.6) is 0 Å². The van der Waals surface area contributed by atoms with Gasteiger partial charge in [0.25, 0.3) is 0 Å². The van der Waals surface area contributed by atoms with E-state index in [-0.39, 0.29) is 0 Å². The van der Waals surface area contributed by atoms with Gasteiger partial charge in [-0.05, 0) is 50.4 Å². The maximum atomic E-state index is 6.42. The van der Waals surface area contributed by atoms with Crippen molar-refractivity contribution in [1.29, 1.82) is 0 Å². The van der Waals surface area contributed by atoms with E-state index in [1.807, 2.05) is 0 Å². The zero-order valence-electron chi connectivity index (χ0n) is 46.9. The molecule has 0 atom stereocenters. The first-order valence-corrected chi connectivity index (χ1v) is 54.5. The molecule has 0 amide bonds. The summed E-state index contributed by atoms with van der Waals surface area (Å²) < 4.78 is 73.9. The Bertz CT molecular complexity index is 1180. The standard InChI is InChI=1S/C48H108O12Si9/c1-61(2,41-45-65(9)53-25-17-49-18-26-54-65)33-13-37-69(38-14-34-62(3,4)42-46-66(10)55-27-19-50-20-28-56-66,39-15-35-63(5,6)43-47-67(11)57-29-21-51-22-30-58-67)40-16-36-64(7,8)44-48-68(12)59-31-23-52-24-32-60-68/h13-48H2,1-12H3. The van der Waals surface area contributed by atoms with Gasteiger partial charge in [-0.3, -0.25) is 0 Å². The SMILES string of the molecule is C[Si](C)(CCC[Si](CCC[Si](C)(C)CC[Si]1(C)OCCOCCO1)(CCC[Si](C)(C)CC[Si]1(C)OCCOCCO1)CCC[Si](C)(C)CC[Si]1(C)OCCOCCO1)CC[Si]1(C)OCCOCCO1. The highest BCUT2D eigenvalue weighted by molar-refractivity contribution is 6.83. The summed E-state index contributed by atoms with van der Waals surface area (Å²) in [5.41, 5.74) is 0. The van der Waals surface area contributed by atoms with Crippen molar-refractivity contribution in [2.75, 3.05) is 106 Å². The van der Waals surface area contributed by atoms with Crippen molar-refractivity contribution in [1.82, 2.24) is 0 Å². The van der Waals surface area contributed by atoms with Crippen molar-refractivity contribution < 1.29 is 54.4 Å². The van der Waals surface area contributed by atoms with Crippen molar-refractivity contribution in [3.05, 3.63) is 0 Å². The molecular weight excluding hydrogens is 1020 g/mol. The van der Waals surface area contributed by atoms with Crippen LogP contribution in [0.4, 0.5) is 0 Å². The Labute approximate surface area is 433 Å². The van der Waals surface area contributed by atoms with Gasteiger partial charge in [0.1, 0.15) is 0 Å². The first kappa shape index (κ1) is 63.0. The monoisotopic (exact) mass is 1130 g/mol. The van der Waals surface area contributed by atoms with Gasteiger partial charge in [0.05, 0.1) is 114 Å². The van der Waals surface area contributed by atoms with E-state index in [0.717, 1.165) is 24.2 Å². The minimum absolute atomic E-state index is 0.673. The molecule has 0 aromatic rings. The molecule has 4 saturated heterocycles. The second-order valence-corrected chi connectivity index (χ2v) is 65.0. The second kappa shape index (κ2) is 30.4. The minimum atomic E-state index is -2.18. The van der Waals surface area contributed by atoms with Crippen LogP contribution in [0.25, 0.3) is 0 Å². The first-order valence-electron chi connectivity index (χ1n) is 27.9. The molecule has 0 spiro atoms. The van der Waals surface area contributed by atoms with E-state index >= 15 is 0 Å².